The van der Waals surface area contributed by atoms with Crippen LogP contribution in [0, 0.1) is 0 Å². The summed E-state index contributed by atoms with van der Waals surface area (Å²) in [7, 11) is -3.96. The van der Waals surface area contributed by atoms with Crippen LogP contribution in [0.1, 0.15) is 31.7 Å². The SMILES string of the molecule is CC(C)(C)N(C(=O)O)C(c1ccc(Br)cc1)S(=O)(=O)c1ccccc1. The summed E-state index contributed by atoms with van der Waals surface area (Å²) in [6, 6.07) is 14.5. The number of nitrogens with zero attached hydrogens (tertiary/aromatic N) is 1. The van der Waals surface area contributed by atoms with Crippen LogP contribution in [0.2, 0.25) is 0 Å². The van der Waals surface area contributed by atoms with E-state index in [1.807, 2.05) is 0 Å². The third-order valence-corrected chi connectivity index (χ3v) is 6.21. The summed E-state index contributed by atoms with van der Waals surface area (Å²) in [6.07, 6.45) is -1.29. The van der Waals surface area contributed by atoms with Crippen LogP contribution in [0.5, 0.6) is 0 Å². The molecule has 2 aromatic carbocycles. The van der Waals surface area contributed by atoms with Crippen molar-refractivity contribution in [1.29, 1.82) is 0 Å². The fourth-order valence-electron chi connectivity index (χ4n) is 2.57. The second-order valence-electron chi connectivity index (χ2n) is 6.59. The molecule has 1 atom stereocenters. The molecule has 2 rings (SSSR count). The molecule has 0 bridgehead atoms. The first-order valence-corrected chi connectivity index (χ1v) is 9.96. The molecule has 0 radical (unpaired) electrons. The van der Waals surface area contributed by atoms with Crippen LogP contribution in [-0.2, 0) is 9.84 Å². The molecule has 2 aromatic rings. The van der Waals surface area contributed by atoms with E-state index < -0.39 is 26.8 Å². The van der Waals surface area contributed by atoms with Gasteiger partial charge in [0.25, 0.3) is 0 Å². The standard InChI is InChI=1S/C18H20BrNO4S/c1-18(2,3)20(17(21)22)16(13-9-11-14(19)12-10-13)25(23,24)15-7-5-4-6-8-15/h4-12,16H,1-3H3,(H,21,22). The summed E-state index contributed by atoms with van der Waals surface area (Å²) >= 11 is 3.32. The minimum atomic E-state index is -3.96. The van der Waals surface area contributed by atoms with E-state index in [4.69, 9.17) is 0 Å². The van der Waals surface area contributed by atoms with Crippen LogP contribution in [0.3, 0.4) is 0 Å². The molecule has 0 aromatic heterocycles. The van der Waals surface area contributed by atoms with Crippen LogP contribution in [0.15, 0.2) is 64.0 Å². The molecule has 1 N–H and O–H groups in total. The highest BCUT2D eigenvalue weighted by atomic mass is 79.9. The van der Waals surface area contributed by atoms with Gasteiger partial charge in [-0.1, -0.05) is 46.3 Å². The van der Waals surface area contributed by atoms with Gasteiger partial charge in [-0.2, -0.15) is 0 Å². The smallest absolute Gasteiger partial charge is 0.409 e. The van der Waals surface area contributed by atoms with Gasteiger partial charge >= 0.3 is 6.09 Å². The number of hydrogen-bond donors (Lipinski definition) is 1. The monoisotopic (exact) mass is 425 g/mol. The lowest BCUT2D eigenvalue weighted by Gasteiger charge is -2.39. The van der Waals surface area contributed by atoms with Crippen molar-refractivity contribution < 1.29 is 18.3 Å². The van der Waals surface area contributed by atoms with Crippen molar-refractivity contribution in [3.8, 4) is 0 Å². The number of halogens is 1. The molecule has 0 heterocycles. The summed E-state index contributed by atoms with van der Waals surface area (Å²) in [6.45, 7) is 5.02. The van der Waals surface area contributed by atoms with Gasteiger partial charge < -0.3 is 5.11 Å². The molecular weight excluding hydrogens is 406 g/mol. The first kappa shape index (κ1) is 19.5. The van der Waals surface area contributed by atoms with Gasteiger partial charge in [-0.05, 0) is 50.6 Å². The Hall–Kier alpha value is -1.86. The Morgan fingerprint density at radius 2 is 1.56 bits per heavy atom. The topological polar surface area (TPSA) is 74.7 Å². The van der Waals surface area contributed by atoms with E-state index in [1.165, 1.54) is 12.1 Å². The number of carbonyl (C=O) groups is 1. The number of carboxylic acid groups (broad SMARTS) is 1. The lowest BCUT2D eigenvalue weighted by atomic mass is 10.1. The van der Waals surface area contributed by atoms with Gasteiger partial charge in [-0.25, -0.2) is 13.2 Å². The molecule has 25 heavy (non-hydrogen) atoms. The van der Waals surface area contributed by atoms with Gasteiger partial charge in [0.2, 0.25) is 9.84 Å². The molecule has 1 amide bonds. The normalized spacial score (nSPS) is 13.3. The van der Waals surface area contributed by atoms with Crippen LogP contribution in [0.4, 0.5) is 4.79 Å². The predicted molar refractivity (Wildman–Crippen MR) is 100 cm³/mol. The van der Waals surface area contributed by atoms with Crippen molar-refractivity contribution in [2.24, 2.45) is 0 Å². The zero-order chi connectivity index (χ0) is 18.8. The van der Waals surface area contributed by atoms with Gasteiger partial charge in [-0.3, -0.25) is 4.90 Å². The Labute approximate surface area is 156 Å². The summed E-state index contributed by atoms with van der Waals surface area (Å²) in [5.74, 6) is 0. The Balaban J connectivity index is 2.72. The molecule has 0 fully saturated rings. The van der Waals surface area contributed by atoms with Crippen molar-refractivity contribution in [1.82, 2.24) is 4.90 Å². The fourth-order valence-corrected chi connectivity index (χ4v) is 4.83. The fraction of sp³-hybridized carbons (Fsp3) is 0.278. The molecule has 0 aliphatic heterocycles. The highest BCUT2D eigenvalue weighted by Gasteiger charge is 2.42. The highest BCUT2D eigenvalue weighted by molar-refractivity contribution is 9.10. The van der Waals surface area contributed by atoms with Crippen LogP contribution in [-0.4, -0.2) is 30.1 Å². The summed E-state index contributed by atoms with van der Waals surface area (Å²) < 4.78 is 27.4. The van der Waals surface area contributed by atoms with Crippen LogP contribution in [0.25, 0.3) is 0 Å². The lowest BCUT2D eigenvalue weighted by Crippen LogP contribution is -2.49. The second kappa shape index (κ2) is 7.17. The minimum Gasteiger partial charge on any atom is -0.465 e. The maximum atomic E-state index is 13.3. The molecule has 0 spiro atoms. The van der Waals surface area contributed by atoms with Gasteiger partial charge in [0.05, 0.1) is 4.90 Å². The number of amides is 1. The van der Waals surface area contributed by atoms with Gasteiger partial charge in [0.1, 0.15) is 0 Å². The van der Waals surface area contributed by atoms with Gasteiger partial charge in [0.15, 0.2) is 5.37 Å². The van der Waals surface area contributed by atoms with Crippen molar-refractivity contribution in [2.45, 2.75) is 36.6 Å². The Kier molecular flexibility index (Phi) is 5.58. The van der Waals surface area contributed by atoms with Crippen molar-refractivity contribution in [3.05, 3.63) is 64.6 Å². The summed E-state index contributed by atoms with van der Waals surface area (Å²) in [5, 5.41) is 8.41. The van der Waals surface area contributed by atoms with E-state index in [1.54, 1.807) is 63.2 Å². The largest absolute Gasteiger partial charge is 0.465 e. The molecule has 1 unspecified atom stereocenters. The Morgan fingerprint density at radius 1 is 1.04 bits per heavy atom. The van der Waals surface area contributed by atoms with E-state index >= 15 is 0 Å². The van der Waals surface area contributed by atoms with Crippen molar-refractivity contribution in [2.75, 3.05) is 0 Å². The molecule has 0 saturated heterocycles. The summed E-state index contributed by atoms with van der Waals surface area (Å²) in [4.78, 5) is 13.0. The van der Waals surface area contributed by atoms with E-state index in [0.29, 0.717) is 5.56 Å². The molecule has 0 saturated carbocycles. The molecule has 5 nitrogen and oxygen atoms in total. The van der Waals surface area contributed by atoms with E-state index in [0.717, 1.165) is 9.37 Å². The Morgan fingerprint density at radius 3 is 2.00 bits per heavy atom. The third kappa shape index (κ3) is 4.22. The number of rotatable bonds is 4. The number of hydrogen-bond acceptors (Lipinski definition) is 3. The lowest BCUT2D eigenvalue weighted by molar-refractivity contribution is 0.0903. The van der Waals surface area contributed by atoms with E-state index in [2.05, 4.69) is 15.9 Å². The summed E-state index contributed by atoms with van der Waals surface area (Å²) in [5.41, 5.74) is -0.518. The average Bonchev–Trinajstić information content (AvgIpc) is 2.52. The third-order valence-electron chi connectivity index (χ3n) is 3.68. The minimum absolute atomic E-state index is 0.0819. The molecule has 7 heteroatoms. The van der Waals surface area contributed by atoms with Gasteiger partial charge in [0, 0.05) is 10.0 Å². The Bertz CT molecular complexity index is 843. The predicted octanol–water partition coefficient (Wildman–Crippen LogP) is 4.70. The van der Waals surface area contributed by atoms with Crippen LogP contribution >= 0.6 is 15.9 Å². The molecular formula is C18H20BrNO4S. The van der Waals surface area contributed by atoms with Crippen LogP contribution < -0.4 is 0 Å². The maximum Gasteiger partial charge on any atom is 0.409 e. The molecule has 0 aliphatic carbocycles. The maximum absolute atomic E-state index is 13.3. The first-order chi connectivity index (χ1) is 11.5. The quantitative estimate of drug-likeness (QED) is 0.769. The average molecular weight is 426 g/mol. The second-order valence-corrected chi connectivity index (χ2v) is 9.51. The first-order valence-electron chi connectivity index (χ1n) is 7.62. The van der Waals surface area contributed by atoms with Gasteiger partial charge in [-0.15, -0.1) is 0 Å². The van der Waals surface area contributed by atoms with E-state index in [-0.39, 0.29) is 4.90 Å². The highest BCUT2D eigenvalue weighted by Crippen LogP contribution is 2.37. The number of sulfone groups is 1. The zero-order valence-corrected chi connectivity index (χ0v) is 16.6. The molecule has 134 valence electrons. The zero-order valence-electron chi connectivity index (χ0n) is 14.2. The molecule has 0 aliphatic rings. The number of benzene rings is 2. The van der Waals surface area contributed by atoms with Crippen molar-refractivity contribution in [3.63, 3.8) is 0 Å². The van der Waals surface area contributed by atoms with Crippen molar-refractivity contribution >= 4 is 31.9 Å². The van der Waals surface area contributed by atoms with E-state index in [9.17, 15) is 18.3 Å².